The molecule has 5 heterocycles. The van der Waals surface area contributed by atoms with Crippen LogP contribution in [-0.4, -0.2) is 56.4 Å². The molecule has 10 nitrogen and oxygen atoms in total. The van der Waals surface area contributed by atoms with E-state index in [1.165, 1.54) is 11.3 Å². The molecule has 0 bridgehead atoms. The maximum absolute atomic E-state index is 13.6. The zero-order valence-electron chi connectivity index (χ0n) is 20.1. The molecule has 0 unspecified atom stereocenters. The predicted molar refractivity (Wildman–Crippen MR) is 149 cm³/mol. The number of ether oxygens (including phenoxy) is 1. The lowest BCUT2D eigenvalue weighted by Crippen LogP contribution is -2.36. The number of hydrogen-bond acceptors (Lipinski definition) is 9. The lowest BCUT2D eigenvalue weighted by atomic mass is 9.95. The molecule has 0 radical (unpaired) electrons. The Morgan fingerprint density at radius 1 is 1.03 bits per heavy atom. The molecule has 0 amide bonds. The van der Waals surface area contributed by atoms with Crippen LogP contribution >= 0.6 is 11.3 Å². The van der Waals surface area contributed by atoms with E-state index in [-0.39, 0.29) is 5.56 Å². The van der Waals surface area contributed by atoms with E-state index in [1.54, 1.807) is 18.6 Å². The van der Waals surface area contributed by atoms with Crippen molar-refractivity contribution in [1.82, 2.24) is 30.1 Å². The summed E-state index contributed by atoms with van der Waals surface area (Å²) in [6, 6.07) is 11.7. The highest BCUT2D eigenvalue weighted by molar-refractivity contribution is 7.13. The van der Waals surface area contributed by atoms with E-state index in [4.69, 9.17) is 15.5 Å². The van der Waals surface area contributed by atoms with E-state index >= 15 is 0 Å². The number of H-pyrrole nitrogens is 2. The zero-order chi connectivity index (χ0) is 25.6. The molecular formula is C27H22N8O2S. The van der Waals surface area contributed by atoms with Gasteiger partial charge < -0.3 is 20.4 Å². The van der Waals surface area contributed by atoms with Gasteiger partial charge in [0, 0.05) is 52.9 Å². The first-order valence-electron chi connectivity index (χ1n) is 12.2. The molecule has 2 aromatic carbocycles. The average Bonchev–Trinajstić information content (AvgIpc) is 3.66. The van der Waals surface area contributed by atoms with Gasteiger partial charge in [0.25, 0.3) is 5.56 Å². The van der Waals surface area contributed by atoms with Crippen LogP contribution in [-0.2, 0) is 4.74 Å². The average molecular weight is 523 g/mol. The SMILES string of the molecule is Nc1c(-c2cccc3[nH]ncc23)cc(-c2nccs2)c2nc(-c3ccc(N4CCOCC4)nc3)[nH]c(=O)c12. The number of aromatic nitrogens is 6. The molecule has 0 atom stereocenters. The summed E-state index contributed by atoms with van der Waals surface area (Å²) in [5, 5.41) is 11.1. The molecule has 38 heavy (non-hydrogen) atoms. The fourth-order valence-electron chi connectivity index (χ4n) is 4.93. The van der Waals surface area contributed by atoms with Crippen molar-refractivity contribution in [3.8, 4) is 33.1 Å². The van der Waals surface area contributed by atoms with Crippen molar-refractivity contribution in [1.29, 1.82) is 0 Å². The monoisotopic (exact) mass is 522 g/mol. The van der Waals surface area contributed by atoms with E-state index in [0.29, 0.717) is 41.2 Å². The van der Waals surface area contributed by atoms with Gasteiger partial charge in [0.05, 0.1) is 41.5 Å². The molecule has 188 valence electrons. The fourth-order valence-corrected chi connectivity index (χ4v) is 5.59. The van der Waals surface area contributed by atoms with E-state index < -0.39 is 0 Å². The molecule has 1 fully saturated rings. The van der Waals surface area contributed by atoms with Crippen molar-refractivity contribution in [2.45, 2.75) is 0 Å². The number of thiazole rings is 1. The summed E-state index contributed by atoms with van der Waals surface area (Å²) in [6.45, 7) is 2.95. The molecule has 1 saturated heterocycles. The second kappa shape index (κ2) is 9.05. The summed E-state index contributed by atoms with van der Waals surface area (Å²) in [7, 11) is 0. The van der Waals surface area contributed by atoms with Gasteiger partial charge in [-0.25, -0.2) is 15.0 Å². The molecule has 1 aliphatic heterocycles. The minimum atomic E-state index is -0.321. The summed E-state index contributed by atoms with van der Waals surface area (Å²) in [6.07, 6.45) is 5.23. The highest BCUT2D eigenvalue weighted by Crippen LogP contribution is 2.40. The number of nitrogens with two attached hydrogens (primary N) is 1. The Kier molecular flexibility index (Phi) is 5.38. The topological polar surface area (TPSA) is 139 Å². The molecule has 6 aromatic rings. The van der Waals surface area contributed by atoms with Crippen molar-refractivity contribution in [2.75, 3.05) is 36.9 Å². The van der Waals surface area contributed by atoms with Crippen LogP contribution in [0, 0.1) is 0 Å². The van der Waals surface area contributed by atoms with Gasteiger partial charge >= 0.3 is 0 Å². The highest BCUT2D eigenvalue weighted by Gasteiger charge is 2.21. The number of pyridine rings is 1. The lowest BCUT2D eigenvalue weighted by Gasteiger charge is -2.27. The molecule has 4 N–H and O–H groups in total. The number of rotatable bonds is 4. The van der Waals surface area contributed by atoms with E-state index in [1.807, 2.05) is 41.8 Å². The Balaban J connectivity index is 1.42. The molecule has 1 aliphatic rings. The van der Waals surface area contributed by atoms with E-state index in [9.17, 15) is 4.79 Å². The van der Waals surface area contributed by atoms with Gasteiger partial charge in [0.2, 0.25) is 0 Å². The smallest absolute Gasteiger partial charge is 0.261 e. The standard InChI is InChI=1S/C27H22N8O2S/c28-23-17(16-2-1-3-20-19(16)14-31-34-20)12-18(27-29-6-11-38-27)24-22(23)26(36)33-25(32-24)15-4-5-21(30-13-15)35-7-9-37-10-8-35/h1-6,11-14H,7-10,28H2,(H,31,34)(H,32,33,36). The van der Waals surface area contributed by atoms with Gasteiger partial charge in [-0.15, -0.1) is 11.3 Å². The maximum atomic E-state index is 13.6. The van der Waals surface area contributed by atoms with Gasteiger partial charge in [-0.1, -0.05) is 12.1 Å². The second-order valence-electron chi connectivity index (χ2n) is 9.00. The van der Waals surface area contributed by atoms with Crippen LogP contribution in [0.25, 0.3) is 54.9 Å². The molecule has 4 aromatic heterocycles. The van der Waals surface area contributed by atoms with Crippen LogP contribution in [0.3, 0.4) is 0 Å². The van der Waals surface area contributed by atoms with Crippen LogP contribution in [0.2, 0.25) is 0 Å². The Bertz CT molecular complexity index is 1840. The summed E-state index contributed by atoms with van der Waals surface area (Å²) < 4.78 is 5.43. The Morgan fingerprint density at radius 3 is 2.71 bits per heavy atom. The Hall–Kier alpha value is -4.61. The lowest BCUT2D eigenvalue weighted by molar-refractivity contribution is 0.122. The van der Waals surface area contributed by atoms with Gasteiger partial charge in [0.15, 0.2) is 0 Å². The number of hydrogen-bond donors (Lipinski definition) is 3. The van der Waals surface area contributed by atoms with Crippen LogP contribution < -0.4 is 16.2 Å². The van der Waals surface area contributed by atoms with Crippen molar-refractivity contribution < 1.29 is 4.74 Å². The number of benzene rings is 2. The Morgan fingerprint density at radius 2 is 1.92 bits per heavy atom. The largest absolute Gasteiger partial charge is 0.398 e. The first kappa shape index (κ1) is 22.6. The van der Waals surface area contributed by atoms with Crippen LogP contribution in [0.4, 0.5) is 11.5 Å². The van der Waals surface area contributed by atoms with Gasteiger partial charge in [-0.05, 0) is 29.8 Å². The molecule has 11 heteroatoms. The van der Waals surface area contributed by atoms with Gasteiger partial charge in [0.1, 0.15) is 16.6 Å². The minimum absolute atomic E-state index is 0.321. The van der Waals surface area contributed by atoms with Crippen LogP contribution in [0.15, 0.2) is 65.2 Å². The summed E-state index contributed by atoms with van der Waals surface area (Å²) in [5.41, 5.74) is 11.2. The number of anilines is 2. The predicted octanol–water partition coefficient (Wildman–Crippen LogP) is 4.07. The summed E-state index contributed by atoms with van der Waals surface area (Å²) >= 11 is 1.48. The number of aromatic amines is 2. The highest BCUT2D eigenvalue weighted by atomic mass is 32.1. The maximum Gasteiger partial charge on any atom is 0.261 e. The third kappa shape index (κ3) is 3.71. The number of fused-ring (bicyclic) bond motifs is 2. The second-order valence-corrected chi connectivity index (χ2v) is 9.90. The van der Waals surface area contributed by atoms with Crippen molar-refractivity contribution in [3.05, 3.63) is 70.7 Å². The van der Waals surface area contributed by atoms with Crippen molar-refractivity contribution >= 4 is 44.6 Å². The first-order chi connectivity index (χ1) is 18.7. The molecule has 0 saturated carbocycles. The minimum Gasteiger partial charge on any atom is -0.398 e. The molecule has 7 rings (SSSR count). The normalized spacial score (nSPS) is 13.9. The van der Waals surface area contributed by atoms with E-state index in [2.05, 4.69) is 30.0 Å². The third-order valence-corrected chi connectivity index (χ3v) is 7.62. The number of nitrogens with one attached hydrogen (secondary N) is 2. The molecule has 0 aliphatic carbocycles. The third-order valence-electron chi connectivity index (χ3n) is 6.82. The number of nitrogens with zero attached hydrogens (tertiary/aromatic N) is 5. The van der Waals surface area contributed by atoms with Gasteiger partial charge in [-0.3, -0.25) is 9.89 Å². The quantitative estimate of drug-likeness (QED) is 0.295. The van der Waals surface area contributed by atoms with Crippen molar-refractivity contribution in [2.24, 2.45) is 0 Å². The van der Waals surface area contributed by atoms with Crippen LogP contribution in [0.5, 0.6) is 0 Å². The molecule has 0 spiro atoms. The van der Waals surface area contributed by atoms with Crippen LogP contribution in [0.1, 0.15) is 0 Å². The first-order valence-corrected chi connectivity index (χ1v) is 13.0. The fraction of sp³-hybridized carbons (Fsp3) is 0.148. The number of nitrogen functional groups attached to an aromatic ring is 1. The van der Waals surface area contributed by atoms with E-state index in [0.717, 1.165) is 51.5 Å². The summed E-state index contributed by atoms with van der Waals surface area (Å²) in [5.74, 6) is 1.29. The number of morpholine rings is 1. The zero-order valence-corrected chi connectivity index (χ0v) is 21.0. The Labute approximate surface area is 220 Å². The molecular weight excluding hydrogens is 500 g/mol. The summed E-state index contributed by atoms with van der Waals surface area (Å²) in [4.78, 5) is 32.7. The van der Waals surface area contributed by atoms with Gasteiger partial charge in [-0.2, -0.15) is 5.10 Å². The van der Waals surface area contributed by atoms with Crippen molar-refractivity contribution in [3.63, 3.8) is 0 Å².